The van der Waals surface area contributed by atoms with E-state index in [1.54, 1.807) is 0 Å². The summed E-state index contributed by atoms with van der Waals surface area (Å²) in [7, 11) is 0. The van der Waals surface area contributed by atoms with Crippen LogP contribution in [-0.4, -0.2) is 16.1 Å². The molecule has 1 heterocycles. The number of carbonyl (C=O) groups excluding carboxylic acids is 1. The molecule has 0 atom stereocenters. The molecule has 0 aliphatic carbocycles. The summed E-state index contributed by atoms with van der Waals surface area (Å²) in [6.45, 7) is 3.90. The zero-order valence-corrected chi connectivity index (χ0v) is 9.74. The molecule has 1 amide bonds. The van der Waals surface area contributed by atoms with Crippen molar-refractivity contribution in [3.05, 3.63) is 41.1 Å². The Morgan fingerprint density at radius 1 is 1.35 bits per heavy atom. The van der Waals surface area contributed by atoms with E-state index in [-0.39, 0.29) is 5.91 Å². The Balaban J connectivity index is 2.24. The summed E-state index contributed by atoms with van der Waals surface area (Å²) in [5.41, 5.74) is 8.66. The molecule has 2 aromatic rings. The number of nitrogen functional groups attached to an aromatic ring is 1. The molecular formula is C12H14N4O. The van der Waals surface area contributed by atoms with E-state index in [2.05, 4.69) is 15.5 Å². The molecule has 1 aromatic carbocycles. The molecule has 0 saturated carbocycles. The van der Waals surface area contributed by atoms with Gasteiger partial charge in [0.25, 0.3) is 5.91 Å². The molecule has 17 heavy (non-hydrogen) atoms. The van der Waals surface area contributed by atoms with Gasteiger partial charge in [-0.2, -0.15) is 5.10 Å². The number of aryl methyl sites for hydroxylation is 2. The van der Waals surface area contributed by atoms with Crippen LogP contribution in [0.4, 0.5) is 11.5 Å². The van der Waals surface area contributed by atoms with Gasteiger partial charge in [-0.25, -0.2) is 0 Å². The first kappa shape index (κ1) is 11.2. The first-order valence-electron chi connectivity index (χ1n) is 5.26. The van der Waals surface area contributed by atoms with Crippen LogP contribution in [0.2, 0.25) is 0 Å². The third-order valence-electron chi connectivity index (χ3n) is 2.56. The van der Waals surface area contributed by atoms with E-state index in [9.17, 15) is 4.79 Å². The average Bonchev–Trinajstić information content (AvgIpc) is 2.70. The predicted molar refractivity (Wildman–Crippen MR) is 66.9 cm³/mol. The van der Waals surface area contributed by atoms with Gasteiger partial charge in [0.15, 0.2) is 0 Å². The number of amides is 1. The lowest BCUT2D eigenvalue weighted by Gasteiger charge is -2.10. The summed E-state index contributed by atoms with van der Waals surface area (Å²) in [5.74, 6) is 0.0586. The van der Waals surface area contributed by atoms with Crippen molar-refractivity contribution in [2.45, 2.75) is 13.8 Å². The van der Waals surface area contributed by atoms with E-state index in [4.69, 9.17) is 5.73 Å². The number of benzene rings is 1. The minimum absolute atomic E-state index is 0.244. The van der Waals surface area contributed by atoms with Crippen LogP contribution in [0.1, 0.15) is 21.6 Å². The molecule has 2 rings (SSSR count). The lowest BCUT2D eigenvalue weighted by molar-refractivity contribution is 0.102. The first-order valence-corrected chi connectivity index (χ1v) is 5.26. The summed E-state index contributed by atoms with van der Waals surface area (Å²) in [6, 6.07) is 7.35. The van der Waals surface area contributed by atoms with Crippen molar-refractivity contribution in [1.29, 1.82) is 0 Å². The second-order valence-corrected chi connectivity index (χ2v) is 3.93. The molecule has 0 aliphatic rings. The molecule has 0 fully saturated rings. The Hall–Kier alpha value is -2.30. The van der Waals surface area contributed by atoms with Gasteiger partial charge in [0.05, 0.1) is 0 Å². The number of H-pyrrole nitrogens is 1. The normalized spacial score (nSPS) is 10.2. The summed E-state index contributed by atoms with van der Waals surface area (Å²) < 4.78 is 0. The van der Waals surface area contributed by atoms with E-state index in [1.165, 1.54) is 6.07 Å². The first-order chi connectivity index (χ1) is 8.08. The minimum atomic E-state index is -0.244. The van der Waals surface area contributed by atoms with Crippen molar-refractivity contribution in [1.82, 2.24) is 10.2 Å². The fourth-order valence-electron chi connectivity index (χ4n) is 1.65. The SMILES string of the molecule is Cc1cccc(C)c1NC(=O)c1cc(N)n[nH]1. The molecule has 5 heteroatoms. The van der Waals surface area contributed by atoms with Crippen LogP contribution < -0.4 is 11.1 Å². The average molecular weight is 230 g/mol. The summed E-state index contributed by atoms with van der Waals surface area (Å²) in [4.78, 5) is 11.9. The van der Waals surface area contributed by atoms with E-state index in [0.717, 1.165) is 16.8 Å². The maximum atomic E-state index is 11.9. The van der Waals surface area contributed by atoms with Gasteiger partial charge in [0, 0.05) is 11.8 Å². The Morgan fingerprint density at radius 3 is 2.53 bits per heavy atom. The van der Waals surface area contributed by atoms with Gasteiger partial charge in [0.2, 0.25) is 0 Å². The fourth-order valence-corrected chi connectivity index (χ4v) is 1.65. The second-order valence-electron chi connectivity index (χ2n) is 3.93. The van der Waals surface area contributed by atoms with E-state index < -0.39 is 0 Å². The lowest BCUT2D eigenvalue weighted by atomic mass is 10.1. The lowest BCUT2D eigenvalue weighted by Crippen LogP contribution is -2.14. The maximum Gasteiger partial charge on any atom is 0.273 e. The third-order valence-corrected chi connectivity index (χ3v) is 2.56. The summed E-state index contributed by atoms with van der Waals surface area (Å²) >= 11 is 0. The van der Waals surface area contributed by atoms with Gasteiger partial charge in [-0.05, 0) is 25.0 Å². The van der Waals surface area contributed by atoms with Gasteiger partial charge in [0.1, 0.15) is 11.5 Å². The van der Waals surface area contributed by atoms with Crippen molar-refractivity contribution < 1.29 is 4.79 Å². The van der Waals surface area contributed by atoms with Crippen molar-refractivity contribution in [2.24, 2.45) is 0 Å². The molecular weight excluding hydrogens is 216 g/mol. The van der Waals surface area contributed by atoms with Crippen LogP contribution in [0.5, 0.6) is 0 Å². The van der Waals surface area contributed by atoms with Gasteiger partial charge < -0.3 is 11.1 Å². The standard InChI is InChI=1S/C12H14N4O/c1-7-4-3-5-8(2)11(7)14-12(17)9-6-10(13)16-15-9/h3-6H,1-2H3,(H,14,17)(H3,13,15,16). The molecule has 0 spiro atoms. The Labute approximate surface area is 99.0 Å². The van der Waals surface area contributed by atoms with Gasteiger partial charge in [-0.15, -0.1) is 0 Å². The van der Waals surface area contributed by atoms with E-state index >= 15 is 0 Å². The predicted octanol–water partition coefficient (Wildman–Crippen LogP) is 1.86. The van der Waals surface area contributed by atoms with Crippen LogP contribution in [0.25, 0.3) is 0 Å². The number of hydrogen-bond acceptors (Lipinski definition) is 3. The van der Waals surface area contributed by atoms with Crippen LogP contribution in [-0.2, 0) is 0 Å². The number of aromatic amines is 1. The highest BCUT2D eigenvalue weighted by atomic mass is 16.1. The van der Waals surface area contributed by atoms with Crippen LogP contribution >= 0.6 is 0 Å². The molecule has 0 unspecified atom stereocenters. The largest absolute Gasteiger partial charge is 0.382 e. The van der Waals surface area contributed by atoms with Crippen LogP contribution in [0.15, 0.2) is 24.3 Å². The van der Waals surface area contributed by atoms with Crippen molar-refractivity contribution in [2.75, 3.05) is 11.1 Å². The van der Waals surface area contributed by atoms with Gasteiger partial charge in [-0.3, -0.25) is 9.89 Å². The van der Waals surface area contributed by atoms with E-state index in [1.807, 2.05) is 32.0 Å². The fraction of sp³-hybridized carbons (Fsp3) is 0.167. The van der Waals surface area contributed by atoms with Gasteiger partial charge >= 0.3 is 0 Å². The summed E-state index contributed by atoms with van der Waals surface area (Å²) in [6.07, 6.45) is 0. The molecule has 5 nitrogen and oxygen atoms in total. The molecule has 0 radical (unpaired) electrons. The Bertz CT molecular complexity index is 539. The Morgan fingerprint density at radius 2 is 2.00 bits per heavy atom. The second kappa shape index (κ2) is 4.29. The molecule has 0 bridgehead atoms. The highest BCUT2D eigenvalue weighted by Gasteiger charge is 2.11. The van der Waals surface area contributed by atoms with Crippen molar-refractivity contribution in [3.63, 3.8) is 0 Å². The number of hydrogen-bond donors (Lipinski definition) is 3. The van der Waals surface area contributed by atoms with Crippen molar-refractivity contribution >= 4 is 17.4 Å². The number of aromatic nitrogens is 2. The Kier molecular flexibility index (Phi) is 2.82. The highest BCUT2D eigenvalue weighted by molar-refractivity contribution is 6.04. The topological polar surface area (TPSA) is 83.8 Å². The highest BCUT2D eigenvalue weighted by Crippen LogP contribution is 2.20. The minimum Gasteiger partial charge on any atom is -0.382 e. The van der Waals surface area contributed by atoms with Crippen LogP contribution in [0, 0.1) is 13.8 Å². The molecule has 1 aromatic heterocycles. The zero-order chi connectivity index (χ0) is 12.4. The molecule has 4 N–H and O–H groups in total. The monoisotopic (exact) mass is 230 g/mol. The number of nitrogens with two attached hydrogens (primary N) is 1. The van der Waals surface area contributed by atoms with E-state index in [0.29, 0.717) is 11.5 Å². The zero-order valence-electron chi connectivity index (χ0n) is 9.74. The number of rotatable bonds is 2. The smallest absolute Gasteiger partial charge is 0.273 e. The summed E-state index contributed by atoms with van der Waals surface area (Å²) in [5, 5.41) is 9.14. The number of nitrogens with one attached hydrogen (secondary N) is 2. The molecule has 0 aliphatic heterocycles. The van der Waals surface area contributed by atoms with Gasteiger partial charge in [-0.1, -0.05) is 18.2 Å². The molecule has 0 saturated heterocycles. The number of anilines is 2. The third kappa shape index (κ3) is 2.28. The quantitative estimate of drug-likeness (QED) is 0.736. The number of nitrogens with zero attached hydrogens (tertiary/aromatic N) is 1. The number of carbonyl (C=O) groups is 1. The maximum absolute atomic E-state index is 11.9. The molecule has 88 valence electrons. The van der Waals surface area contributed by atoms with Crippen molar-refractivity contribution in [3.8, 4) is 0 Å². The number of para-hydroxylation sites is 1. The van der Waals surface area contributed by atoms with Crippen LogP contribution in [0.3, 0.4) is 0 Å².